The van der Waals surface area contributed by atoms with E-state index in [0.717, 1.165) is 43.5 Å². The second-order valence-electron chi connectivity index (χ2n) is 4.34. The molecule has 1 aromatic heterocycles. The highest BCUT2D eigenvalue weighted by Crippen LogP contribution is 2.15. The number of likely N-dealkylation sites (N-methyl/N-ethyl adjacent to an activating group) is 1. The van der Waals surface area contributed by atoms with Gasteiger partial charge in [0.1, 0.15) is 5.01 Å². The van der Waals surface area contributed by atoms with Crippen LogP contribution < -0.4 is 5.32 Å². The molecule has 0 saturated heterocycles. The van der Waals surface area contributed by atoms with Gasteiger partial charge in [0.2, 0.25) is 0 Å². The van der Waals surface area contributed by atoms with E-state index in [1.807, 2.05) is 0 Å². The molecule has 98 valence electrons. The maximum Gasteiger partial charge on any atom is 0.107 e. The summed E-state index contributed by atoms with van der Waals surface area (Å²) in [5, 5.41) is 4.50. The fraction of sp³-hybridized carbons (Fsp3) is 0.750. The van der Waals surface area contributed by atoms with Gasteiger partial charge in [-0.1, -0.05) is 0 Å². The maximum absolute atomic E-state index is 5.49. The van der Waals surface area contributed by atoms with E-state index in [1.165, 1.54) is 4.88 Å². The quantitative estimate of drug-likeness (QED) is 0.715. The molecule has 1 heterocycles. The highest BCUT2D eigenvalue weighted by atomic mass is 32.1. The molecule has 0 bridgehead atoms. The van der Waals surface area contributed by atoms with E-state index in [2.05, 4.69) is 43.1 Å². The number of rotatable bonds is 8. The number of thiazole rings is 1. The third-order valence-corrected chi connectivity index (χ3v) is 3.53. The predicted molar refractivity (Wildman–Crippen MR) is 72.7 cm³/mol. The molecule has 0 fully saturated rings. The molecule has 0 aliphatic rings. The molecule has 0 aliphatic heterocycles. The van der Waals surface area contributed by atoms with Gasteiger partial charge in [-0.2, -0.15) is 0 Å². The summed E-state index contributed by atoms with van der Waals surface area (Å²) in [5.41, 5.74) is 1.15. The summed E-state index contributed by atoms with van der Waals surface area (Å²) >= 11 is 1.77. The standard InChI is InChI=1S/C12H23N3OS/c1-10-11(2)17-12(14-10)9-13-5-7-16-8-6-15(3)4/h13H,5-9H2,1-4H3. The van der Waals surface area contributed by atoms with Crippen LogP contribution in [0.15, 0.2) is 0 Å². The largest absolute Gasteiger partial charge is 0.379 e. The molecule has 0 spiro atoms. The number of hydrogen-bond donors (Lipinski definition) is 1. The Hall–Kier alpha value is -0.490. The lowest BCUT2D eigenvalue weighted by atomic mass is 10.4. The van der Waals surface area contributed by atoms with Crippen LogP contribution >= 0.6 is 11.3 Å². The molecule has 1 aromatic rings. The lowest BCUT2D eigenvalue weighted by Gasteiger charge is -2.09. The molecule has 1 rings (SSSR count). The summed E-state index contributed by atoms with van der Waals surface area (Å²) in [6, 6.07) is 0. The Morgan fingerprint density at radius 1 is 1.29 bits per heavy atom. The molecule has 0 unspecified atom stereocenters. The Morgan fingerprint density at radius 3 is 2.65 bits per heavy atom. The lowest BCUT2D eigenvalue weighted by Crippen LogP contribution is -2.23. The molecule has 4 nitrogen and oxygen atoms in total. The number of aromatic nitrogens is 1. The van der Waals surface area contributed by atoms with E-state index < -0.39 is 0 Å². The van der Waals surface area contributed by atoms with Crippen molar-refractivity contribution in [1.82, 2.24) is 15.2 Å². The van der Waals surface area contributed by atoms with Gasteiger partial charge < -0.3 is 15.0 Å². The lowest BCUT2D eigenvalue weighted by molar-refractivity contribution is 0.119. The number of nitrogens with one attached hydrogen (secondary N) is 1. The first-order valence-electron chi connectivity index (χ1n) is 5.95. The first kappa shape index (κ1) is 14.6. The van der Waals surface area contributed by atoms with Crippen molar-refractivity contribution in [3.63, 3.8) is 0 Å². The van der Waals surface area contributed by atoms with Gasteiger partial charge >= 0.3 is 0 Å². The van der Waals surface area contributed by atoms with E-state index in [1.54, 1.807) is 11.3 Å². The molecule has 0 aliphatic carbocycles. The minimum absolute atomic E-state index is 0.761. The molecular weight excluding hydrogens is 234 g/mol. The van der Waals surface area contributed by atoms with Crippen LogP contribution in [0, 0.1) is 13.8 Å². The molecule has 5 heteroatoms. The zero-order valence-corrected chi connectivity index (χ0v) is 12.1. The first-order valence-corrected chi connectivity index (χ1v) is 6.77. The zero-order valence-electron chi connectivity index (χ0n) is 11.2. The molecule has 0 amide bonds. The molecular formula is C12H23N3OS. The second kappa shape index (κ2) is 7.76. The van der Waals surface area contributed by atoms with Gasteiger partial charge in [-0.05, 0) is 27.9 Å². The summed E-state index contributed by atoms with van der Waals surface area (Å²) in [6.07, 6.45) is 0. The molecule has 0 aromatic carbocycles. The highest BCUT2D eigenvalue weighted by molar-refractivity contribution is 7.11. The van der Waals surface area contributed by atoms with Crippen molar-refractivity contribution in [2.75, 3.05) is 40.4 Å². The monoisotopic (exact) mass is 257 g/mol. The van der Waals surface area contributed by atoms with Crippen LogP contribution in [0.4, 0.5) is 0 Å². The summed E-state index contributed by atoms with van der Waals surface area (Å²) in [7, 11) is 4.10. The minimum atomic E-state index is 0.761. The van der Waals surface area contributed by atoms with E-state index in [9.17, 15) is 0 Å². The zero-order chi connectivity index (χ0) is 12.7. The Bertz CT molecular complexity index is 306. The van der Waals surface area contributed by atoms with Crippen molar-refractivity contribution >= 4 is 11.3 Å². The summed E-state index contributed by atoms with van der Waals surface area (Å²) < 4.78 is 5.49. The fourth-order valence-corrected chi connectivity index (χ4v) is 2.21. The first-order chi connectivity index (χ1) is 8.09. The van der Waals surface area contributed by atoms with Gasteiger partial charge in [0.15, 0.2) is 0 Å². The van der Waals surface area contributed by atoms with Crippen molar-refractivity contribution in [3.8, 4) is 0 Å². The molecule has 0 radical (unpaired) electrons. The number of aryl methyl sites for hydroxylation is 2. The van der Waals surface area contributed by atoms with E-state index in [0.29, 0.717) is 0 Å². The second-order valence-corrected chi connectivity index (χ2v) is 5.63. The van der Waals surface area contributed by atoms with Crippen LogP contribution in [-0.2, 0) is 11.3 Å². The van der Waals surface area contributed by atoms with Crippen LogP contribution in [0.25, 0.3) is 0 Å². The minimum Gasteiger partial charge on any atom is -0.379 e. The third-order valence-electron chi connectivity index (χ3n) is 2.46. The van der Waals surface area contributed by atoms with Crippen LogP contribution in [0.1, 0.15) is 15.6 Å². The number of hydrogen-bond acceptors (Lipinski definition) is 5. The summed E-state index contributed by atoms with van der Waals surface area (Å²) in [6.45, 7) is 8.42. The normalized spacial score (nSPS) is 11.4. The van der Waals surface area contributed by atoms with Crippen LogP contribution in [0.2, 0.25) is 0 Å². The molecule has 1 N–H and O–H groups in total. The Labute approximate surface area is 108 Å². The Kier molecular flexibility index (Phi) is 6.65. The topological polar surface area (TPSA) is 37.4 Å². The average Bonchev–Trinajstić information content (AvgIpc) is 2.56. The van der Waals surface area contributed by atoms with Crippen LogP contribution in [-0.4, -0.2) is 50.3 Å². The number of nitrogens with zero attached hydrogens (tertiary/aromatic N) is 2. The summed E-state index contributed by atoms with van der Waals surface area (Å²) in [4.78, 5) is 7.90. The van der Waals surface area contributed by atoms with Crippen molar-refractivity contribution < 1.29 is 4.74 Å². The molecule has 17 heavy (non-hydrogen) atoms. The van der Waals surface area contributed by atoms with E-state index in [-0.39, 0.29) is 0 Å². The maximum atomic E-state index is 5.49. The van der Waals surface area contributed by atoms with Gasteiger partial charge in [0.25, 0.3) is 0 Å². The van der Waals surface area contributed by atoms with Crippen LogP contribution in [0.5, 0.6) is 0 Å². The van der Waals surface area contributed by atoms with E-state index in [4.69, 9.17) is 4.74 Å². The fourth-order valence-electron chi connectivity index (χ4n) is 1.30. The van der Waals surface area contributed by atoms with Crippen molar-refractivity contribution in [2.45, 2.75) is 20.4 Å². The SMILES string of the molecule is Cc1nc(CNCCOCCN(C)C)sc1C. The molecule has 0 saturated carbocycles. The third kappa shape index (κ3) is 6.12. The Morgan fingerprint density at radius 2 is 2.06 bits per heavy atom. The van der Waals surface area contributed by atoms with E-state index >= 15 is 0 Å². The van der Waals surface area contributed by atoms with Crippen molar-refractivity contribution in [1.29, 1.82) is 0 Å². The van der Waals surface area contributed by atoms with Gasteiger partial charge in [-0.15, -0.1) is 11.3 Å². The van der Waals surface area contributed by atoms with Gasteiger partial charge in [-0.25, -0.2) is 4.98 Å². The summed E-state index contributed by atoms with van der Waals surface area (Å²) in [5.74, 6) is 0. The average molecular weight is 257 g/mol. The smallest absolute Gasteiger partial charge is 0.107 e. The van der Waals surface area contributed by atoms with Gasteiger partial charge in [-0.3, -0.25) is 0 Å². The number of ether oxygens (including phenoxy) is 1. The Balaban J connectivity index is 2.01. The van der Waals surface area contributed by atoms with Gasteiger partial charge in [0, 0.05) is 24.5 Å². The van der Waals surface area contributed by atoms with Crippen molar-refractivity contribution in [3.05, 3.63) is 15.6 Å². The van der Waals surface area contributed by atoms with Crippen LogP contribution in [0.3, 0.4) is 0 Å². The highest BCUT2D eigenvalue weighted by Gasteiger charge is 2.02. The predicted octanol–water partition coefficient (Wildman–Crippen LogP) is 1.43. The molecule has 0 atom stereocenters. The van der Waals surface area contributed by atoms with Gasteiger partial charge in [0.05, 0.1) is 18.9 Å². The van der Waals surface area contributed by atoms with Crippen molar-refractivity contribution in [2.24, 2.45) is 0 Å².